The van der Waals surface area contributed by atoms with Gasteiger partial charge >= 0.3 is 11.9 Å². The van der Waals surface area contributed by atoms with Crippen molar-refractivity contribution in [1.29, 1.82) is 0 Å². The molecule has 7 nitrogen and oxygen atoms in total. The van der Waals surface area contributed by atoms with E-state index in [4.69, 9.17) is 4.42 Å². The zero-order valence-electron chi connectivity index (χ0n) is 16.7. The molecule has 2 rings (SSSR count). The number of hydrogen-bond acceptors (Lipinski definition) is 5. The Morgan fingerprint density at radius 2 is 1.75 bits per heavy atom. The number of aromatic nitrogens is 1. The van der Waals surface area contributed by atoms with Gasteiger partial charge in [0.25, 0.3) is 0 Å². The molecule has 0 fully saturated rings. The third kappa shape index (κ3) is 6.20. The number of nitrogens with one attached hydrogen (secondary N) is 1. The van der Waals surface area contributed by atoms with Crippen molar-refractivity contribution in [3.05, 3.63) is 52.7 Å². The lowest BCUT2D eigenvalue weighted by molar-refractivity contribution is -0.142. The molecule has 1 aromatic carbocycles. The average molecular weight is 388 g/mol. The van der Waals surface area contributed by atoms with Crippen LogP contribution in [0, 0.1) is 19.8 Å². The Bertz CT molecular complexity index is 808. The van der Waals surface area contributed by atoms with Gasteiger partial charge in [-0.1, -0.05) is 43.2 Å². The summed E-state index contributed by atoms with van der Waals surface area (Å²) in [5, 5.41) is 21.7. The Morgan fingerprint density at radius 3 is 2.29 bits per heavy atom. The number of benzene rings is 1. The molecule has 0 saturated heterocycles. The molecule has 2 atom stereocenters. The highest BCUT2D eigenvalue weighted by Gasteiger charge is 2.28. The quantitative estimate of drug-likeness (QED) is 0.573. The van der Waals surface area contributed by atoms with E-state index in [1.54, 1.807) is 0 Å². The Labute approximate surface area is 164 Å². The van der Waals surface area contributed by atoms with Crippen molar-refractivity contribution >= 4 is 11.9 Å². The molecule has 0 radical (unpaired) electrons. The first-order valence-electron chi connectivity index (χ1n) is 9.36. The molecule has 2 aromatic rings. The maximum Gasteiger partial charge on any atom is 0.320 e. The molecule has 152 valence electrons. The lowest BCUT2D eigenvalue weighted by atomic mass is 10.0. The molecule has 2 unspecified atom stereocenters. The minimum Gasteiger partial charge on any atom is -0.481 e. The van der Waals surface area contributed by atoms with Gasteiger partial charge in [0.2, 0.25) is 5.89 Å². The summed E-state index contributed by atoms with van der Waals surface area (Å²) in [6.07, 6.45) is 2.41. The molecule has 0 aliphatic heterocycles. The van der Waals surface area contributed by atoms with Crippen molar-refractivity contribution in [1.82, 2.24) is 10.3 Å². The third-order valence-electron chi connectivity index (χ3n) is 4.41. The van der Waals surface area contributed by atoms with Crippen LogP contribution in [0.15, 0.2) is 28.9 Å². The summed E-state index contributed by atoms with van der Waals surface area (Å²) in [7, 11) is 0. The monoisotopic (exact) mass is 388 g/mol. The number of aliphatic carboxylic acids is 2. The Kier molecular flexibility index (Phi) is 7.34. The van der Waals surface area contributed by atoms with Crippen LogP contribution in [0.1, 0.15) is 54.5 Å². The number of oxazole rings is 1. The van der Waals surface area contributed by atoms with Gasteiger partial charge in [-0.15, -0.1) is 0 Å². The highest BCUT2D eigenvalue weighted by Crippen LogP contribution is 2.19. The fourth-order valence-corrected chi connectivity index (χ4v) is 3.23. The molecule has 1 aromatic heterocycles. The zero-order chi connectivity index (χ0) is 20.8. The number of aryl methyl sites for hydroxylation is 2. The van der Waals surface area contributed by atoms with Crippen molar-refractivity contribution in [2.75, 3.05) is 6.54 Å². The van der Waals surface area contributed by atoms with Crippen LogP contribution >= 0.6 is 0 Å². The van der Waals surface area contributed by atoms with Crippen LogP contribution in [0.4, 0.5) is 0 Å². The van der Waals surface area contributed by atoms with E-state index in [1.165, 1.54) is 6.26 Å². The number of carboxylic acid groups (broad SMARTS) is 2. The van der Waals surface area contributed by atoms with Crippen LogP contribution in [-0.4, -0.2) is 39.7 Å². The molecule has 3 N–H and O–H groups in total. The molecule has 28 heavy (non-hydrogen) atoms. The van der Waals surface area contributed by atoms with Gasteiger partial charge < -0.3 is 19.9 Å². The van der Waals surface area contributed by atoms with Gasteiger partial charge in [0.15, 0.2) is 0 Å². The van der Waals surface area contributed by atoms with Crippen LogP contribution in [0.5, 0.6) is 0 Å². The molecule has 0 amide bonds. The van der Waals surface area contributed by atoms with Gasteiger partial charge in [-0.05, 0) is 31.7 Å². The highest BCUT2D eigenvalue weighted by molar-refractivity contribution is 5.76. The van der Waals surface area contributed by atoms with Crippen molar-refractivity contribution in [3.8, 4) is 0 Å². The van der Waals surface area contributed by atoms with Crippen molar-refractivity contribution < 1.29 is 24.2 Å². The van der Waals surface area contributed by atoms with Gasteiger partial charge in [-0.25, -0.2) is 4.98 Å². The summed E-state index contributed by atoms with van der Waals surface area (Å²) in [5.41, 5.74) is 4.01. The third-order valence-corrected chi connectivity index (χ3v) is 4.41. The van der Waals surface area contributed by atoms with Crippen LogP contribution in [-0.2, 0) is 16.0 Å². The number of rotatable bonds is 10. The van der Waals surface area contributed by atoms with Gasteiger partial charge in [-0.2, -0.15) is 0 Å². The maximum absolute atomic E-state index is 11.7. The fraction of sp³-hybridized carbons (Fsp3) is 0.476. The average Bonchev–Trinajstić information content (AvgIpc) is 3.00. The van der Waals surface area contributed by atoms with Crippen molar-refractivity contribution in [2.24, 2.45) is 5.92 Å². The first kappa shape index (κ1) is 21.6. The minimum atomic E-state index is -1.11. The fourth-order valence-electron chi connectivity index (χ4n) is 3.23. The summed E-state index contributed by atoms with van der Waals surface area (Å²) in [4.78, 5) is 27.4. The normalized spacial score (nSPS) is 13.5. The van der Waals surface area contributed by atoms with E-state index in [1.807, 2.05) is 27.7 Å². The van der Waals surface area contributed by atoms with Gasteiger partial charge in [0.1, 0.15) is 18.2 Å². The second kappa shape index (κ2) is 9.50. The Hall–Kier alpha value is -2.67. The lowest BCUT2D eigenvalue weighted by Crippen LogP contribution is -2.41. The molecule has 0 aliphatic carbocycles. The molecule has 7 heteroatoms. The summed E-state index contributed by atoms with van der Waals surface area (Å²) < 4.78 is 5.42. The summed E-state index contributed by atoms with van der Waals surface area (Å²) in [6.45, 7) is 7.81. The summed E-state index contributed by atoms with van der Waals surface area (Å²) >= 11 is 0. The SMILES string of the molecule is Cc1cc(C)cc(Cc2coc(C(CNC(CC(C)C)C(=O)O)C(=O)O)n2)c1. The summed E-state index contributed by atoms with van der Waals surface area (Å²) in [5.74, 6) is -2.92. The molecule has 0 bridgehead atoms. The number of hydrogen-bond donors (Lipinski definition) is 3. The summed E-state index contributed by atoms with van der Waals surface area (Å²) in [6, 6.07) is 5.38. The molecule has 0 saturated carbocycles. The largest absolute Gasteiger partial charge is 0.481 e. The first-order chi connectivity index (χ1) is 13.2. The van der Waals surface area contributed by atoms with E-state index in [0.717, 1.165) is 16.7 Å². The van der Waals surface area contributed by atoms with Crippen molar-refractivity contribution in [2.45, 2.75) is 52.5 Å². The van der Waals surface area contributed by atoms with E-state index >= 15 is 0 Å². The topological polar surface area (TPSA) is 113 Å². The van der Waals surface area contributed by atoms with E-state index in [2.05, 4.69) is 28.5 Å². The minimum absolute atomic E-state index is 0.0669. The zero-order valence-corrected chi connectivity index (χ0v) is 16.7. The van der Waals surface area contributed by atoms with Gasteiger partial charge in [0.05, 0.1) is 5.69 Å². The smallest absolute Gasteiger partial charge is 0.320 e. The van der Waals surface area contributed by atoms with Crippen LogP contribution in [0.3, 0.4) is 0 Å². The van der Waals surface area contributed by atoms with Gasteiger partial charge in [0, 0.05) is 13.0 Å². The Balaban J connectivity index is 2.10. The van der Waals surface area contributed by atoms with E-state index in [-0.39, 0.29) is 18.4 Å². The lowest BCUT2D eigenvalue weighted by Gasteiger charge is -2.18. The standard InChI is InChI=1S/C21H28N2O5/c1-12(2)5-18(21(26)27)22-10-17(20(24)25)19-23-16(11-28-19)9-15-7-13(3)6-14(4)8-15/h6-8,11-12,17-18,22H,5,9-10H2,1-4H3,(H,24,25)(H,26,27). The molecular weight excluding hydrogens is 360 g/mol. The number of nitrogens with zero attached hydrogens (tertiary/aromatic N) is 1. The van der Waals surface area contributed by atoms with Crippen LogP contribution in [0.25, 0.3) is 0 Å². The van der Waals surface area contributed by atoms with E-state index in [9.17, 15) is 19.8 Å². The van der Waals surface area contributed by atoms with Gasteiger partial charge in [-0.3, -0.25) is 9.59 Å². The number of carboxylic acids is 2. The Morgan fingerprint density at radius 1 is 1.11 bits per heavy atom. The molecule has 0 spiro atoms. The first-order valence-corrected chi connectivity index (χ1v) is 9.36. The number of carbonyl (C=O) groups is 2. The van der Waals surface area contributed by atoms with E-state index < -0.39 is 23.9 Å². The maximum atomic E-state index is 11.7. The van der Waals surface area contributed by atoms with Crippen LogP contribution < -0.4 is 5.32 Å². The van der Waals surface area contributed by atoms with Crippen LogP contribution in [0.2, 0.25) is 0 Å². The predicted molar refractivity (Wildman–Crippen MR) is 104 cm³/mol. The van der Waals surface area contributed by atoms with E-state index in [0.29, 0.717) is 18.5 Å². The predicted octanol–water partition coefficient (Wildman–Crippen LogP) is 3.14. The second-order valence-corrected chi connectivity index (χ2v) is 7.67. The molecule has 0 aliphatic rings. The highest BCUT2D eigenvalue weighted by atomic mass is 16.4. The molecular formula is C21H28N2O5. The molecule has 1 heterocycles. The van der Waals surface area contributed by atoms with Crippen molar-refractivity contribution in [3.63, 3.8) is 0 Å². The second-order valence-electron chi connectivity index (χ2n) is 7.67.